The average Bonchev–Trinajstić information content (AvgIpc) is 2.52. The van der Waals surface area contributed by atoms with Crippen molar-refractivity contribution in [3.05, 3.63) is 42.0 Å². The normalized spacial score (nSPS) is 12.1. The van der Waals surface area contributed by atoms with Gasteiger partial charge in [-0.15, -0.1) is 0 Å². The molecule has 2 rings (SSSR count). The molecule has 21 heavy (non-hydrogen) atoms. The van der Waals surface area contributed by atoms with Crippen LogP contribution in [0.4, 0.5) is 0 Å². The number of amides is 1. The molecule has 0 fully saturated rings. The van der Waals surface area contributed by atoms with Gasteiger partial charge in [0.2, 0.25) is 5.91 Å². The summed E-state index contributed by atoms with van der Waals surface area (Å²) in [6.45, 7) is 2.46. The van der Waals surface area contributed by atoms with Gasteiger partial charge in [0.15, 0.2) is 0 Å². The molecule has 0 saturated carbocycles. The summed E-state index contributed by atoms with van der Waals surface area (Å²) in [5, 5.41) is 13.9. The topological polar surface area (TPSA) is 58.6 Å². The van der Waals surface area contributed by atoms with E-state index >= 15 is 0 Å². The third kappa shape index (κ3) is 3.95. The first-order valence-corrected chi connectivity index (χ1v) is 7.07. The Morgan fingerprint density at radius 2 is 2.14 bits per heavy atom. The lowest BCUT2D eigenvalue weighted by molar-refractivity contribution is -0.120. The maximum Gasteiger partial charge on any atom is 0.224 e. The van der Waals surface area contributed by atoms with Crippen molar-refractivity contribution < 1.29 is 14.6 Å². The van der Waals surface area contributed by atoms with E-state index in [1.807, 2.05) is 43.3 Å². The summed E-state index contributed by atoms with van der Waals surface area (Å²) < 4.78 is 5.25. The first-order valence-electron chi connectivity index (χ1n) is 7.07. The number of nitrogens with one attached hydrogen (secondary N) is 1. The Bertz CT molecular complexity index is 624. The fourth-order valence-corrected chi connectivity index (χ4v) is 2.19. The number of methoxy groups -OCH3 is 1. The van der Waals surface area contributed by atoms with Crippen LogP contribution in [0.1, 0.15) is 12.5 Å². The number of aliphatic hydroxyl groups excluding tert-OH is 1. The van der Waals surface area contributed by atoms with Crippen molar-refractivity contribution in [1.82, 2.24) is 5.32 Å². The van der Waals surface area contributed by atoms with Crippen LogP contribution in [0, 0.1) is 5.92 Å². The second-order valence-electron chi connectivity index (χ2n) is 5.27. The zero-order chi connectivity index (χ0) is 15.2. The molecule has 112 valence electrons. The lowest BCUT2D eigenvalue weighted by Crippen LogP contribution is -2.30. The average molecular weight is 287 g/mol. The lowest BCUT2D eigenvalue weighted by Gasteiger charge is -2.11. The summed E-state index contributed by atoms with van der Waals surface area (Å²) >= 11 is 0. The van der Waals surface area contributed by atoms with Crippen LogP contribution in [0.15, 0.2) is 36.4 Å². The minimum Gasteiger partial charge on any atom is -0.497 e. The largest absolute Gasteiger partial charge is 0.497 e. The van der Waals surface area contributed by atoms with Gasteiger partial charge in [-0.2, -0.15) is 0 Å². The number of hydrogen-bond donors (Lipinski definition) is 2. The van der Waals surface area contributed by atoms with E-state index in [9.17, 15) is 4.79 Å². The van der Waals surface area contributed by atoms with E-state index < -0.39 is 0 Å². The quantitative estimate of drug-likeness (QED) is 0.855. The highest BCUT2D eigenvalue weighted by Crippen LogP contribution is 2.24. The maximum atomic E-state index is 12.0. The zero-order valence-electron chi connectivity index (χ0n) is 12.4. The third-order valence-corrected chi connectivity index (χ3v) is 3.49. The number of fused-ring (bicyclic) bond motifs is 1. The van der Waals surface area contributed by atoms with Crippen molar-refractivity contribution in [2.75, 3.05) is 20.3 Å². The number of rotatable bonds is 6. The van der Waals surface area contributed by atoms with Crippen molar-refractivity contribution in [1.29, 1.82) is 0 Å². The lowest BCUT2D eigenvalue weighted by atomic mass is 10.0. The van der Waals surface area contributed by atoms with Crippen molar-refractivity contribution in [3.63, 3.8) is 0 Å². The highest BCUT2D eigenvalue weighted by atomic mass is 16.5. The van der Waals surface area contributed by atoms with Crippen molar-refractivity contribution in [2.24, 2.45) is 5.92 Å². The molecule has 0 aliphatic heterocycles. The number of carbonyl (C=O) groups excluding carboxylic acids is 1. The SMILES string of the molecule is COc1ccc2cccc(CC(=O)NCC(C)CO)c2c1. The third-order valence-electron chi connectivity index (χ3n) is 3.49. The Morgan fingerprint density at radius 3 is 2.86 bits per heavy atom. The molecular formula is C17H21NO3. The van der Waals surface area contributed by atoms with Crippen LogP contribution in [0.5, 0.6) is 5.75 Å². The molecule has 1 atom stereocenters. The molecule has 2 aromatic carbocycles. The minimum absolute atomic E-state index is 0.0365. The van der Waals surface area contributed by atoms with Gasteiger partial charge in [-0.1, -0.05) is 31.2 Å². The fraction of sp³-hybridized carbons (Fsp3) is 0.353. The maximum absolute atomic E-state index is 12.0. The standard InChI is InChI=1S/C17H21NO3/c1-12(11-19)10-18-17(20)8-14-5-3-4-13-6-7-15(21-2)9-16(13)14/h3-7,9,12,19H,8,10-11H2,1-2H3,(H,18,20). The summed E-state index contributed by atoms with van der Waals surface area (Å²) in [6, 6.07) is 11.8. The molecular weight excluding hydrogens is 266 g/mol. The molecule has 0 aliphatic carbocycles. The van der Waals surface area contributed by atoms with Gasteiger partial charge >= 0.3 is 0 Å². The Hall–Kier alpha value is -2.07. The van der Waals surface area contributed by atoms with Crippen molar-refractivity contribution in [2.45, 2.75) is 13.3 Å². The highest BCUT2D eigenvalue weighted by molar-refractivity contribution is 5.91. The van der Waals surface area contributed by atoms with Crippen molar-refractivity contribution in [3.8, 4) is 5.75 Å². The van der Waals surface area contributed by atoms with Crippen molar-refractivity contribution >= 4 is 16.7 Å². The van der Waals surface area contributed by atoms with E-state index in [-0.39, 0.29) is 18.4 Å². The molecule has 0 heterocycles. The molecule has 4 heteroatoms. The number of ether oxygens (including phenoxy) is 1. The van der Waals surface area contributed by atoms with Crippen LogP contribution in [-0.4, -0.2) is 31.3 Å². The van der Waals surface area contributed by atoms with Crippen LogP contribution >= 0.6 is 0 Å². The predicted molar refractivity (Wildman–Crippen MR) is 83.5 cm³/mol. The summed E-state index contributed by atoms with van der Waals surface area (Å²) in [5.74, 6) is 0.816. The second-order valence-corrected chi connectivity index (χ2v) is 5.27. The molecule has 0 aliphatic rings. The molecule has 0 aromatic heterocycles. The number of carbonyl (C=O) groups is 1. The molecule has 2 N–H and O–H groups in total. The van der Waals surface area contributed by atoms with Crippen LogP contribution in [0.2, 0.25) is 0 Å². The first kappa shape index (κ1) is 15.3. The van der Waals surface area contributed by atoms with Crippen LogP contribution in [-0.2, 0) is 11.2 Å². The first-order chi connectivity index (χ1) is 10.1. The van der Waals surface area contributed by atoms with E-state index in [2.05, 4.69) is 5.32 Å². The minimum atomic E-state index is -0.0365. The van der Waals surface area contributed by atoms with Gasteiger partial charge in [-0.25, -0.2) is 0 Å². The zero-order valence-corrected chi connectivity index (χ0v) is 12.4. The Morgan fingerprint density at radius 1 is 1.33 bits per heavy atom. The van der Waals surface area contributed by atoms with Gasteiger partial charge in [0.1, 0.15) is 5.75 Å². The number of aliphatic hydroxyl groups is 1. The van der Waals surface area contributed by atoms with Crippen LogP contribution in [0.25, 0.3) is 10.8 Å². The molecule has 0 spiro atoms. The molecule has 1 amide bonds. The van der Waals surface area contributed by atoms with E-state index in [1.165, 1.54) is 0 Å². The van der Waals surface area contributed by atoms with Gasteiger partial charge in [0, 0.05) is 13.2 Å². The molecule has 1 unspecified atom stereocenters. The Kier molecular flexibility index (Phi) is 5.17. The Labute approximate surface area is 124 Å². The highest BCUT2D eigenvalue weighted by Gasteiger charge is 2.09. The Balaban J connectivity index is 2.16. The summed E-state index contributed by atoms with van der Waals surface area (Å²) in [5.41, 5.74) is 0.973. The van der Waals surface area contributed by atoms with E-state index in [1.54, 1.807) is 7.11 Å². The monoisotopic (exact) mass is 287 g/mol. The van der Waals surface area contributed by atoms with E-state index in [4.69, 9.17) is 9.84 Å². The van der Waals surface area contributed by atoms with Gasteiger partial charge < -0.3 is 15.2 Å². The summed E-state index contributed by atoms with van der Waals surface area (Å²) in [4.78, 5) is 12.0. The molecule has 0 saturated heterocycles. The molecule has 0 radical (unpaired) electrons. The summed E-state index contributed by atoms with van der Waals surface area (Å²) in [6.07, 6.45) is 0.322. The predicted octanol–water partition coefficient (Wildman–Crippen LogP) is 2.14. The molecule has 2 aromatic rings. The molecule has 4 nitrogen and oxygen atoms in total. The van der Waals surface area contributed by atoms with Gasteiger partial charge in [-0.05, 0) is 34.4 Å². The fourth-order valence-electron chi connectivity index (χ4n) is 2.19. The molecule has 0 bridgehead atoms. The van der Waals surface area contributed by atoms with Crippen LogP contribution < -0.4 is 10.1 Å². The second kappa shape index (κ2) is 7.09. The smallest absolute Gasteiger partial charge is 0.224 e. The van der Waals surface area contributed by atoms with Gasteiger partial charge in [0.25, 0.3) is 0 Å². The number of benzene rings is 2. The van der Waals surface area contributed by atoms with E-state index in [0.29, 0.717) is 13.0 Å². The van der Waals surface area contributed by atoms with Crippen LogP contribution in [0.3, 0.4) is 0 Å². The summed E-state index contributed by atoms with van der Waals surface area (Å²) in [7, 11) is 1.63. The van der Waals surface area contributed by atoms with E-state index in [0.717, 1.165) is 22.1 Å². The number of hydrogen-bond acceptors (Lipinski definition) is 3. The van der Waals surface area contributed by atoms with Gasteiger partial charge in [-0.3, -0.25) is 4.79 Å². The van der Waals surface area contributed by atoms with Gasteiger partial charge in [0.05, 0.1) is 13.5 Å².